The van der Waals surface area contributed by atoms with Crippen molar-refractivity contribution in [3.63, 3.8) is 0 Å². The summed E-state index contributed by atoms with van der Waals surface area (Å²) in [5, 5.41) is 8.91. The van der Waals surface area contributed by atoms with Crippen LogP contribution in [-0.4, -0.2) is 48.7 Å². The molecule has 1 heterocycles. The molecule has 0 unspecified atom stereocenters. The van der Waals surface area contributed by atoms with E-state index in [2.05, 4.69) is 45.1 Å². The summed E-state index contributed by atoms with van der Waals surface area (Å²) in [6.45, 7) is 5.32. The van der Waals surface area contributed by atoms with Gasteiger partial charge in [-0.25, -0.2) is 4.79 Å². The molecule has 3 amide bonds. The second-order valence-electron chi connectivity index (χ2n) is 8.97. The van der Waals surface area contributed by atoms with E-state index in [4.69, 9.17) is 4.74 Å². The van der Waals surface area contributed by atoms with Crippen LogP contribution in [0.15, 0.2) is 54.6 Å². The van der Waals surface area contributed by atoms with Gasteiger partial charge in [-0.2, -0.15) is 0 Å². The Balaban J connectivity index is 1.27. The van der Waals surface area contributed by atoms with Gasteiger partial charge in [-0.1, -0.05) is 67.4 Å². The molecule has 3 N–H and O–H groups in total. The lowest BCUT2D eigenvalue weighted by Crippen LogP contribution is -2.59. The average molecular weight is 451 g/mol. The fourth-order valence-corrected chi connectivity index (χ4v) is 4.56. The molecule has 0 spiro atoms. The minimum atomic E-state index is -0.836. The first-order chi connectivity index (χ1) is 16.1. The number of nitrogens with zero attached hydrogens (tertiary/aromatic N) is 1. The van der Waals surface area contributed by atoms with Gasteiger partial charge in [0.25, 0.3) is 0 Å². The Morgan fingerprint density at radius 1 is 0.818 bits per heavy atom. The molecule has 1 saturated heterocycles. The fraction of sp³-hybridized carbons (Fsp3) is 0.462. The van der Waals surface area contributed by atoms with Crippen molar-refractivity contribution >= 4 is 11.9 Å². The van der Waals surface area contributed by atoms with Crippen LogP contribution >= 0.6 is 0 Å². The third-order valence-corrected chi connectivity index (χ3v) is 6.53. The highest BCUT2D eigenvalue weighted by Gasteiger charge is 2.42. The standard InChI is InChI=1S/C26H34N4O3/c31-24(27-18-22-8-10-23(11-9-22)20-30-14-16-33-17-15-30)26(12-4-5-13-26)29-25(32)28-19-21-6-2-1-3-7-21/h1-3,6-11H,4-5,12-20H2,(H,27,31)(H2,28,29,32). The molecule has 7 heteroatoms. The van der Waals surface area contributed by atoms with E-state index in [1.807, 2.05) is 30.3 Å². The first kappa shape index (κ1) is 23.3. The number of carbonyl (C=O) groups excluding carboxylic acids is 2. The Morgan fingerprint density at radius 3 is 2.12 bits per heavy atom. The van der Waals surface area contributed by atoms with Gasteiger partial charge >= 0.3 is 6.03 Å². The van der Waals surface area contributed by atoms with Crippen LogP contribution in [0, 0.1) is 0 Å². The highest BCUT2D eigenvalue weighted by molar-refractivity contribution is 5.91. The molecule has 0 atom stereocenters. The Labute approximate surface area is 195 Å². The fourth-order valence-electron chi connectivity index (χ4n) is 4.56. The van der Waals surface area contributed by atoms with Crippen LogP contribution in [0.3, 0.4) is 0 Å². The van der Waals surface area contributed by atoms with E-state index >= 15 is 0 Å². The van der Waals surface area contributed by atoms with Crippen LogP contribution in [0.2, 0.25) is 0 Å². The Morgan fingerprint density at radius 2 is 1.42 bits per heavy atom. The summed E-state index contributed by atoms with van der Waals surface area (Å²) in [7, 11) is 0. The van der Waals surface area contributed by atoms with Crippen LogP contribution in [0.1, 0.15) is 42.4 Å². The first-order valence-electron chi connectivity index (χ1n) is 11.9. The summed E-state index contributed by atoms with van der Waals surface area (Å²) in [6, 6.07) is 17.8. The number of urea groups is 1. The first-order valence-corrected chi connectivity index (χ1v) is 11.9. The molecule has 7 nitrogen and oxygen atoms in total. The zero-order chi connectivity index (χ0) is 22.9. The van der Waals surface area contributed by atoms with Gasteiger partial charge in [0.05, 0.1) is 13.2 Å². The Bertz CT molecular complexity index is 905. The molecular formula is C26H34N4O3. The number of amides is 3. The minimum Gasteiger partial charge on any atom is -0.379 e. The number of ether oxygens (including phenoxy) is 1. The van der Waals surface area contributed by atoms with Gasteiger partial charge < -0.3 is 20.7 Å². The van der Waals surface area contributed by atoms with Crippen molar-refractivity contribution in [2.24, 2.45) is 0 Å². The summed E-state index contributed by atoms with van der Waals surface area (Å²) >= 11 is 0. The number of benzene rings is 2. The summed E-state index contributed by atoms with van der Waals surface area (Å²) in [5.41, 5.74) is 2.50. The summed E-state index contributed by atoms with van der Waals surface area (Å²) < 4.78 is 5.41. The van der Waals surface area contributed by atoms with Crippen LogP contribution < -0.4 is 16.0 Å². The average Bonchev–Trinajstić information content (AvgIpc) is 3.33. The molecule has 2 fully saturated rings. The van der Waals surface area contributed by atoms with Crippen molar-refractivity contribution < 1.29 is 14.3 Å². The quantitative estimate of drug-likeness (QED) is 0.578. The summed E-state index contributed by atoms with van der Waals surface area (Å²) in [5.74, 6) is -0.104. The predicted octanol–water partition coefficient (Wildman–Crippen LogP) is 2.95. The molecule has 4 rings (SSSR count). The maximum atomic E-state index is 13.1. The highest BCUT2D eigenvalue weighted by atomic mass is 16.5. The lowest BCUT2D eigenvalue weighted by Gasteiger charge is -2.29. The van der Waals surface area contributed by atoms with Gasteiger partial charge in [0.15, 0.2) is 0 Å². The van der Waals surface area contributed by atoms with Crippen molar-refractivity contribution in [3.05, 3.63) is 71.3 Å². The second-order valence-corrected chi connectivity index (χ2v) is 8.97. The number of carbonyl (C=O) groups is 2. The molecule has 0 aromatic heterocycles. The summed E-state index contributed by atoms with van der Waals surface area (Å²) in [6.07, 6.45) is 3.19. The van der Waals surface area contributed by atoms with Crippen molar-refractivity contribution in [2.45, 2.75) is 50.9 Å². The SMILES string of the molecule is O=C(NCc1ccccc1)NC1(C(=O)NCc2ccc(CN3CCOCC3)cc2)CCCC1. The molecule has 0 bridgehead atoms. The molecule has 2 aromatic rings. The van der Waals surface area contributed by atoms with Gasteiger partial charge in [0, 0.05) is 32.7 Å². The van der Waals surface area contributed by atoms with E-state index in [-0.39, 0.29) is 11.9 Å². The van der Waals surface area contributed by atoms with Crippen LogP contribution in [0.4, 0.5) is 4.79 Å². The minimum absolute atomic E-state index is 0.104. The van der Waals surface area contributed by atoms with Crippen LogP contribution in [0.5, 0.6) is 0 Å². The van der Waals surface area contributed by atoms with E-state index in [0.29, 0.717) is 25.9 Å². The molecule has 0 radical (unpaired) electrons. The topological polar surface area (TPSA) is 82.7 Å². The zero-order valence-electron chi connectivity index (χ0n) is 19.1. The van der Waals surface area contributed by atoms with E-state index in [1.54, 1.807) is 0 Å². The lowest BCUT2D eigenvalue weighted by atomic mass is 9.96. The van der Waals surface area contributed by atoms with Crippen molar-refractivity contribution in [3.8, 4) is 0 Å². The smallest absolute Gasteiger partial charge is 0.315 e. The van der Waals surface area contributed by atoms with Crippen molar-refractivity contribution in [1.29, 1.82) is 0 Å². The van der Waals surface area contributed by atoms with E-state index in [1.165, 1.54) is 5.56 Å². The molecule has 33 heavy (non-hydrogen) atoms. The maximum absolute atomic E-state index is 13.1. The van der Waals surface area contributed by atoms with Gasteiger partial charge in [-0.15, -0.1) is 0 Å². The van der Waals surface area contributed by atoms with Gasteiger partial charge in [-0.05, 0) is 29.5 Å². The largest absolute Gasteiger partial charge is 0.379 e. The van der Waals surface area contributed by atoms with Gasteiger partial charge in [-0.3, -0.25) is 9.69 Å². The number of hydrogen-bond donors (Lipinski definition) is 3. The number of nitrogens with one attached hydrogen (secondary N) is 3. The third kappa shape index (κ3) is 6.55. The molecule has 1 aliphatic heterocycles. The van der Waals surface area contributed by atoms with Gasteiger partial charge in [0.1, 0.15) is 5.54 Å². The Kier molecular flexibility index (Phi) is 7.96. The maximum Gasteiger partial charge on any atom is 0.315 e. The third-order valence-electron chi connectivity index (χ3n) is 6.53. The highest BCUT2D eigenvalue weighted by Crippen LogP contribution is 2.30. The zero-order valence-corrected chi connectivity index (χ0v) is 19.1. The van der Waals surface area contributed by atoms with Crippen molar-refractivity contribution in [1.82, 2.24) is 20.9 Å². The second kappa shape index (κ2) is 11.3. The lowest BCUT2D eigenvalue weighted by molar-refractivity contribution is -0.127. The van der Waals surface area contributed by atoms with Crippen LogP contribution in [0.25, 0.3) is 0 Å². The van der Waals surface area contributed by atoms with Crippen molar-refractivity contribution in [2.75, 3.05) is 26.3 Å². The number of rotatable bonds is 8. The Hall–Kier alpha value is -2.90. The molecule has 176 valence electrons. The molecular weight excluding hydrogens is 416 g/mol. The van der Waals surface area contributed by atoms with E-state index < -0.39 is 5.54 Å². The number of morpholine rings is 1. The van der Waals surface area contributed by atoms with E-state index in [0.717, 1.165) is 56.8 Å². The normalized spacial score (nSPS) is 17.9. The van der Waals surface area contributed by atoms with Crippen LogP contribution in [-0.2, 0) is 29.2 Å². The molecule has 1 saturated carbocycles. The van der Waals surface area contributed by atoms with Gasteiger partial charge in [0.2, 0.25) is 5.91 Å². The molecule has 1 aliphatic carbocycles. The molecule has 2 aliphatic rings. The predicted molar refractivity (Wildman–Crippen MR) is 127 cm³/mol. The van der Waals surface area contributed by atoms with E-state index in [9.17, 15) is 9.59 Å². The summed E-state index contributed by atoms with van der Waals surface area (Å²) in [4.78, 5) is 28.0. The molecule has 2 aromatic carbocycles. The number of hydrogen-bond acceptors (Lipinski definition) is 4. The monoisotopic (exact) mass is 450 g/mol.